The number of carbonyl (C=O) groups is 1. The minimum atomic E-state index is -0.193. The summed E-state index contributed by atoms with van der Waals surface area (Å²) >= 11 is 1.33. The summed E-state index contributed by atoms with van der Waals surface area (Å²) in [5.41, 5.74) is 11.6. The van der Waals surface area contributed by atoms with E-state index in [0.29, 0.717) is 10.9 Å². The quantitative estimate of drug-likeness (QED) is 0.160. The van der Waals surface area contributed by atoms with E-state index in [0.717, 1.165) is 33.4 Å². The molecular formula is C33H33N5OS. The van der Waals surface area contributed by atoms with E-state index in [9.17, 15) is 4.79 Å². The van der Waals surface area contributed by atoms with Gasteiger partial charge in [0.1, 0.15) is 0 Å². The maximum atomic E-state index is 12.8. The van der Waals surface area contributed by atoms with Crippen molar-refractivity contribution in [3.8, 4) is 17.1 Å². The third-order valence-electron chi connectivity index (χ3n) is 6.72. The van der Waals surface area contributed by atoms with Gasteiger partial charge in [-0.15, -0.1) is 10.2 Å². The molecule has 0 unspecified atom stereocenters. The van der Waals surface area contributed by atoms with Crippen molar-refractivity contribution in [2.45, 2.75) is 38.3 Å². The topological polar surface area (TPSA) is 71.8 Å². The molecule has 5 aromatic rings. The average molecular weight is 548 g/mol. The summed E-state index contributed by atoms with van der Waals surface area (Å²) in [4.78, 5) is 12.8. The molecule has 0 aliphatic rings. The van der Waals surface area contributed by atoms with Gasteiger partial charge < -0.3 is 0 Å². The summed E-state index contributed by atoms with van der Waals surface area (Å²) in [6, 6.07) is 30.9. The Labute approximate surface area is 239 Å². The van der Waals surface area contributed by atoms with Gasteiger partial charge in [0.15, 0.2) is 11.0 Å². The molecule has 1 heterocycles. The zero-order valence-corrected chi connectivity index (χ0v) is 24.0. The second-order valence-corrected chi connectivity index (χ2v) is 11.7. The molecule has 0 fully saturated rings. The number of thioether (sulfide) groups is 1. The second kappa shape index (κ2) is 11.4. The number of hydrogen-bond donors (Lipinski definition) is 2. The normalized spacial score (nSPS) is 11.4. The highest BCUT2D eigenvalue weighted by Crippen LogP contribution is 2.30. The molecule has 1 amide bonds. The Bertz CT molecular complexity index is 1660. The van der Waals surface area contributed by atoms with Crippen molar-refractivity contribution in [2.24, 2.45) is 0 Å². The fraction of sp³-hybridized carbons (Fsp3) is 0.182. The fourth-order valence-corrected chi connectivity index (χ4v) is 5.11. The molecule has 40 heavy (non-hydrogen) atoms. The van der Waals surface area contributed by atoms with Crippen molar-refractivity contribution < 1.29 is 4.79 Å². The number of benzene rings is 4. The molecule has 4 aromatic carbocycles. The Balaban J connectivity index is 1.30. The van der Waals surface area contributed by atoms with Crippen LogP contribution in [0.4, 0.5) is 0 Å². The summed E-state index contributed by atoms with van der Waals surface area (Å²) in [5, 5.41) is 11.9. The molecule has 0 spiro atoms. The Morgan fingerprint density at radius 1 is 0.875 bits per heavy atom. The zero-order chi connectivity index (χ0) is 28.3. The highest BCUT2D eigenvalue weighted by molar-refractivity contribution is 7.99. The molecule has 0 atom stereocenters. The summed E-state index contributed by atoms with van der Waals surface area (Å²) in [6.45, 7) is 12.7. The Kier molecular flexibility index (Phi) is 7.76. The molecule has 6 nitrogen and oxygen atoms in total. The number of carbonyl (C=O) groups excluding carboxylic acids is 1. The molecule has 0 bridgehead atoms. The minimum absolute atomic E-state index is 0.0607. The molecular weight excluding hydrogens is 514 g/mol. The summed E-state index contributed by atoms with van der Waals surface area (Å²) in [5.74, 6) is 0.696. The van der Waals surface area contributed by atoms with Gasteiger partial charge in [-0.2, -0.15) is 0 Å². The Hall–Kier alpha value is -4.36. The van der Waals surface area contributed by atoms with Crippen molar-refractivity contribution >= 4 is 34.1 Å². The molecule has 0 aliphatic heterocycles. The third-order valence-corrected chi connectivity index (χ3v) is 7.65. The number of rotatable bonds is 8. The van der Waals surface area contributed by atoms with Crippen molar-refractivity contribution in [3.05, 3.63) is 114 Å². The number of hydrogen-bond acceptors (Lipinski definition) is 5. The molecule has 202 valence electrons. The first kappa shape index (κ1) is 27.2. The van der Waals surface area contributed by atoms with E-state index in [2.05, 4.69) is 104 Å². The van der Waals surface area contributed by atoms with E-state index < -0.39 is 0 Å². The van der Waals surface area contributed by atoms with E-state index in [4.69, 9.17) is 0 Å². The van der Waals surface area contributed by atoms with Gasteiger partial charge in [-0.3, -0.25) is 20.2 Å². The average Bonchev–Trinajstić information content (AvgIpc) is 3.38. The molecule has 0 aliphatic carbocycles. The first-order valence-electron chi connectivity index (χ1n) is 13.2. The van der Waals surface area contributed by atoms with Crippen LogP contribution in [0, 0.1) is 6.92 Å². The molecule has 0 saturated heterocycles. The number of hydrazine groups is 1. The third kappa shape index (κ3) is 6.10. The van der Waals surface area contributed by atoms with E-state index in [1.165, 1.54) is 22.9 Å². The smallest absolute Gasteiger partial charge is 0.248 e. The van der Waals surface area contributed by atoms with Crippen LogP contribution in [0.3, 0.4) is 0 Å². The minimum Gasteiger partial charge on any atom is -0.299 e. The lowest BCUT2D eigenvalue weighted by atomic mass is 9.87. The number of aryl methyl sites for hydroxylation is 1. The highest BCUT2D eigenvalue weighted by atomic mass is 32.2. The van der Waals surface area contributed by atoms with Crippen molar-refractivity contribution in [2.75, 3.05) is 5.75 Å². The van der Waals surface area contributed by atoms with Gasteiger partial charge in [0, 0.05) is 11.3 Å². The number of fused-ring (bicyclic) bond motifs is 1. The lowest BCUT2D eigenvalue weighted by Gasteiger charge is -2.19. The molecule has 5 rings (SSSR count). The van der Waals surface area contributed by atoms with Crippen molar-refractivity contribution in [1.82, 2.24) is 25.6 Å². The van der Waals surface area contributed by atoms with Gasteiger partial charge >= 0.3 is 0 Å². The van der Waals surface area contributed by atoms with Crippen LogP contribution < -0.4 is 10.9 Å². The van der Waals surface area contributed by atoms with Crippen molar-refractivity contribution in [3.63, 3.8) is 0 Å². The van der Waals surface area contributed by atoms with Crippen LogP contribution in [0.15, 0.2) is 103 Å². The van der Waals surface area contributed by atoms with E-state index in [1.54, 1.807) is 0 Å². The van der Waals surface area contributed by atoms with Crippen LogP contribution in [0.25, 0.3) is 33.5 Å². The van der Waals surface area contributed by atoms with Crippen LogP contribution in [-0.2, 0) is 10.2 Å². The Morgan fingerprint density at radius 2 is 1.57 bits per heavy atom. The summed E-state index contributed by atoms with van der Waals surface area (Å²) in [7, 11) is 0. The lowest BCUT2D eigenvalue weighted by Crippen LogP contribution is -2.37. The second-order valence-electron chi connectivity index (χ2n) is 10.8. The van der Waals surface area contributed by atoms with Gasteiger partial charge in [-0.1, -0.05) is 117 Å². The maximum Gasteiger partial charge on any atom is 0.248 e. The molecule has 1 aromatic heterocycles. The lowest BCUT2D eigenvalue weighted by molar-refractivity contribution is -0.119. The number of nitrogens with one attached hydrogen (secondary N) is 2. The summed E-state index contributed by atoms with van der Waals surface area (Å²) in [6.07, 6.45) is 0. The SMILES string of the molecule is C=C(NNC(=O)CSc1nnc(-c2ccc(C(C)(C)C)cc2)n1-c1ccc(C)cc1)c1ccc2ccccc2c1. The van der Waals surface area contributed by atoms with Gasteiger partial charge in [0.2, 0.25) is 5.91 Å². The predicted octanol–water partition coefficient (Wildman–Crippen LogP) is 7.08. The Morgan fingerprint density at radius 3 is 2.27 bits per heavy atom. The predicted molar refractivity (Wildman–Crippen MR) is 165 cm³/mol. The van der Waals surface area contributed by atoms with Crippen LogP contribution >= 0.6 is 11.8 Å². The number of aromatic nitrogens is 3. The zero-order valence-electron chi connectivity index (χ0n) is 23.2. The molecule has 7 heteroatoms. The van der Waals surface area contributed by atoms with Crippen LogP contribution in [0.2, 0.25) is 0 Å². The number of nitrogens with zero attached hydrogens (tertiary/aromatic N) is 3. The van der Waals surface area contributed by atoms with Gasteiger partial charge in [0.25, 0.3) is 0 Å². The fourth-order valence-electron chi connectivity index (χ4n) is 4.36. The van der Waals surface area contributed by atoms with Crippen LogP contribution in [0.5, 0.6) is 0 Å². The summed E-state index contributed by atoms with van der Waals surface area (Å²) < 4.78 is 2.00. The standard InChI is InChI=1S/C33H33N5OS/c1-22-10-18-29(19-11-22)38-31(25-14-16-28(17-15-25)33(3,4)5)36-37-32(38)40-21-30(39)35-34-23(2)26-13-12-24-8-6-7-9-27(24)20-26/h6-20,34H,2,21H2,1,3-5H3,(H,35,39). The number of amides is 1. The molecule has 2 N–H and O–H groups in total. The molecule has 0 saturated carbocycles. The maximum absolute atomic E-state index is 12.8. The van der Waals surface area contributed by atoms with Gasteiger partial charge in [-0.25, -0.2) is 0 Å². The van der Waals surface area contributed by atoms with Gasteiger partial charge in [-0.05, 0) is 52.4 Å². The van der Waals surface area contributed by atoms with Crippen molar-refractivity contribution in [1.29, 1.82) is 0 Å². The van der Waals surface area contributed by atoms with E-state index in [-0.39, 0.29) is 17.1 Å². The first-order chi connectivity index (χ1) is 19.2. The monoisotopic (exact) mass is 547 g/mol. The van der Waals surface area contributed by atoms with Crippen LogP contribution in [0.1, 0.15) is 37.5 Å². The largest absolute Gasteiger partial charge is 0.299 e. The van der Waals surface area contributed by atoms with Gasteiger partial charge in [0.05, 0.1) is 11.4 Å². The highest BCUT2D eigenvalue weighted by Gasteiger charge is 2.19. The molecule has 0 radical (unpaired) electrons. The first-order valence-corrected chi connectivity index (χ1v) is 14.2. The van der Waals surface area contributed by atoms with E-state index >= 15 is 0 Å². The van der Waals surface area contributed by atoms with Crippen LogP contribution in [-0.4, -0.2) is 26.4 Å². The van der Waals surface area contributed by atoms with E-state index in [1.807, 2.05) is 47.0 Å².